The molecule has 33 heavy (non-hydrogen) atoms. The molecule has 2 aromatic carbocycles. The summed E-state index contributed by atoms with van der Waals surface area (Å²) in [4.78, 5) is 59.6. The zero-order valence-electron chi connectivity index (χ0n) is 17.4. The summed E-state index contributed by atoms with van der Waals surface area (Å²) < 4.78 is 21.2. The van der Waals surface area contributed by atoms with Crippen LogP contribution in [0.4, 0.5) is 0 Å². The highest BCUT2D eigenvalue weighted by Gasteiger charge is 2.44. The molecule has 166 valence electrons. The average molecular weight is 449 g/mol. The maximum absolute atomic E-state index is 13.4. The molecule has 3 heterocycles. The van der Waals surface area contributed by atoms with E-state index in [0.717, 1.165) is 18.7 Å². The summed E-state index contributed by atoms with van der Waals surface area (Å²) >= 11 is 0. The Morgan fingerprint density at radius 2 is 1.45 bits per heavy atom. The number of ether oxygens (including phenoxy) is 4. The molecule has 0 radical (unpaired) electrons. The van der Waals surface area contributed by atoms with Crippen molar-refractivity contribution >= 4 is 34.8 Å². The van der Waals surface area contributed by atoms with Gasteiger partial charge in [-0.3, -0.25) is 24.1 Å². The van der Waals surface area contributed by atoms with Crippen LogP contribution < -0.4 is 18.9 Å². The summed E-state index contributed by atoms with van der Waals surface area (Å²) in [5, 5.41) is 0. The Morgan fingerprint density at radius 1 is 0.909 bits per heavy atom. The predicted octanol–water partition coefficient (Wildman–Crippen LogP) is 2.01. The Balaban J connectivity index is 1.67. The molecular formula is C22H15N3O8. The predicted molar refractivity (Wildman–Crippen MR) is 109 cm³/mol. The normalized spacial score (nSPS) is 13.9. The van der Waals surface area contributed by atoms with Crippen molar-refractivity contribution in [1.82, 2.24) is 14.9 Å². The zero-order chi connectivity index (χ0) is 23.3. The van der Waals surface area contributed by atoms with Crippen LogP contribution in [0.3, 0.4) is 0 Å². The van der Waals surface area contributed by atoms with E-state index in [1.807, 2.05) is 0 Å². The maximum atomic E-state index is 13.4. The molecule has 0 spiro atoms. The average Bonchev–Trinajstić information content (AvgIpc) is 3.33. The van der Waals surface area contributed by atoms with E-state index in [1.54, 1.807) is 18.2 Å². The molecule has 0 saturated carbocycles. The number of benzene rings is 2. The van der Waals surface area contributed by atoms with Crippen molar-refractivity contribution in [1.29, 1.82) is 0 Å². The van der Waals surface area contributed by atoms with E-state index in [9.17, 15) is 19.2 Å². The first-order valence-corrected chi connectivity index (χ1v) is 9.77. The van der Waals surface area contributed by atoms with Crippen LogP contribution in [-0.2, 0) is 16.1 Å². The number of hydrogen-bond acceptors (Lipinski definition) is 10. The molecule has 11 heteroatoms. The summed E-state index contributed by atoms with van der Waals surface area (Å²) in [6, 6.07) is 5.02. The van der Waals surface area contributed by atoms with Gasteiger partial charge in [0.15, 0.2) is 23.0 Å². The summed E-state index contributed by atoms with van der Waals surface area (Å²) in [6.45, 7) is 2.27. The second-order valence-electron chi connectivity index (χ2n) is 7.23. The first kappa shape index (κ1) is 20.4. The first-order chi connectivity index (χ1) is 15.8. The quantitative estimate of drug-likeness (QED) is 0.331. The van der Waals surface area contributed by atoms with Gasteiger partial charge in [0.05, 0.1) is 6.54 Å². The van der Waals surface area contributed by atoms with Crippen molar-refractivity contribution in [2.75, 3.05) is 6.79 Å². The highest BCUT2D eigenvalue weighted by Crippen LogP contribution is 2.44. The summed E-state index contributed by atoms with van der Waals surface area (Å²) in [5.74, 6) is -2.30. The fourth-order valence-electron chi connectivity index (χ4n) is 3.76. The van der Waals surface area contributed by atoms with Gasteiger partial charge in [-0.2, -0.15) is 0 Å². The third-order valence-corrected chi connectivity index (χ3v) is 5.02. The van der Waals surface area contributed by atoms with E-state index in [-0.39, 0.29) is 47.0 Å². The van der Waals surface area contributed by atoms with Gasteiger partial charge < -0.3 is 18.9 Å². The summed E-state index contributed by atoms with van der Waals surface area (Å²) in [5.41, 5.74) is 0.167. The van der Waals surface area contributed by atoms with Crippen molar-refractivity contribution in [3.63, 3.8) is 0 Å². The van der Waals surface area contributed by atoms with Crippen LogP contribution in [0.5, 0.6) is 23.0 Å². The summed E-state index contributed by atoms with van der Waals surface area (Å²) in [6.07, 6.45) is 2.65. The van der Waals surface area contributed by atoms with Gasteiger partial charge in [0.25, 0.3) is 11.8 Å². The van der Waals surface area contributed by atoms with Crippen LogP contribution in [-0.4, -0.2) is 45.4 Å². The minimum absolute atomic E-state index is 0.00813. The van der Waals surface area contributed by atoms with Gasteiger partial charge in [-0.15, -0.1) is 0 Å². The molecule has 0 aliphatic carbocycles. The molecule has 2 amide bonds. The molecule has 0 bridgehead atoms. The molecule has 1 aromatic heterocycles. The van der Waals surface area contributed by atoms with Gasteiger partial charge in [0.2, 0.25) is 6.79 Å². The van der Waals surface area contributed by atoms with Crippen molar-refractivity contribution in [2.24, 2.45) is 0 Å². The van der Waals surface area contributed by atoms with E-state index in [0.29, 0.717) is 17.1 Å². The number of carbonyl (C=O) groups is 4. The van der Waals surface area contributed by atoms with Crippen molar-refractivity contribution < 1.29 is 38.1 Å². The largest absolute Gasteiger partial charge is 0.454 e. The molecule has 3 aromatic rings. The number of fused-ring (bicyclic) bond motifs is 3. The topological polar surface area (TPSA) is 134 Å². The first-order valence-electron chi connectivity index (χ1n) is 9.77. The second-order valence-corrected chi connectivity index (χ2v) is 7.23. The molecule has 0 unspecified atom stereocenters. The number of esters is 2. The Bertz CT molecular complexity index is 1310. The second kappa shape index (κ2) is 7.55. The van der Waals surface area contributed by atoms with Crippen LogP contribution in [0.2, 0.25) is 0 Å². The Hall–Kier alpha value is -4.54. The molecule has 11 nitrogen and oxygen atoms in total. The van der Waals surface area contributed by atoms with E-state index in [1.165, 1.54) is 12.4 Å². The lowest BCUT2D eigenvalue weighted by atomic mass is 10.0. The van der Waals surface area contributed by atoms with E-state index in [2.05, 4.69) is 9.97 Å². The molecule has 2 aliphatic rings. The molecule has 0 fully saturated rings. The molecule has 5 rings (SSSR count). The van der Waals surface area contributed by atoms with Crippen LogP contribution >= 0.6 is 0 Å². The molecule has 0 saturated heterocycles. The van der Waals surface area contributed by atoms with Crippen LogP contribution in [0.15, 0.2) is 30.6 Å². The van der Waals surface area contributed by atoms with Crippen LogP contribution in [0.1, 0.15) is 40.1 Å². The molecule has 0 atom stereocenters. The number of rotatable bonds is 4. The van der Waals surface area contributed by atoms with E-state index < -0.39 is 23.8 Å². The number of aromatic nitrogens is 2. The Labute approximate surface area is 185 Å². The van der Waals surface area contributed by atoms with Gasteiger partial charge in [0, 0.05) is 26.2 Å². The van der Waals surface area contributed by atoms with Crippen LogP contribution in [0, 0.1) is 0 Å². The Kier molecular flexibility index (Phi) is 4.66. The minimum Gasteiger partial charge on any atom is -0.454 e. The highest BCUT2D eigenvalue weighted by molar-refractivity contribution is 6.27. The molecule has 0 N–H and O–H groups in total. The molecular weight excluding hydrogens is 434 g/mol. The standard InChI is InChI=1S/C22H15N3O8/c1-10(26)32-19-15-16(20(33-11(2)27)18-17(19)23-5-6-24-18)22(29)25(21(15)28)8-12-3-4-13-14(7-12)31-9-30-13/h3-7H,8-9H2,1-2H3. The van der Waals surface area contributed by atoms with Crippen molar-refractivity contribution in [2.45, 2.75) is 20.4 Å². The number of carbonyl (C=O) groups excluding carboxylic acids is 4. The van der Waals surface area contributed by atoms with Crippen molar-refractivity contribution in [3.8, 4) is 23.0 Å². The van der Waals surface area contributed by atoms with Crippen molar-refractivity contribution in [3.05, 3.63) is 47.3 Å². The third-order valence-electron chi connectivity index (χ3n) is 5.02. The lowest BCUT2D eigenvalue weighted by molar-refractivity contribution is -0.133. The lowest BCUT2D eigenvalue weighted by Gasteiger charge is -2.14. The number of amides is 2. The Morgan fingerprint density at radius 3 is 2.00 bits per heavy atom. The van der Waals surface area contributed by atoms with Gasteiger partial charge in [-0.05, 0) is 17.7 Å². The monoisotopic (exact) mass is 449 g/mol. The summed E-state index contributed by atoms with van der Waals surface area (Å²) in [7, 11) is 0. The number of imide groups is 1. The lowest BCUT2D eigenvalue weighted by Crippen LogP contribution is -2.29. The highest BCUT2D eigenvalue weighted by atomic mass is 16.7. The third kappa shape index (κ3) is 3.30. The minimum atomic E-state index is -0.732. The van der Waals surface area contributed by atoms with Crippen LogP contribution in [0.25, 0.3) is 11.0 Å². The SMILES string of the molecule is CC(=O)Oc1c2c(c(OC(C)=O)c3nccnc13)C(=O)N(Cc1ccc3c(c1)OCO3)C2=O. The fraction of sp³-hybridized carbons (Fsp3) is 0.182. The molecule has 2 aliphatic heterocycles. The smallest absolute Gasteiger partial charge is 0.308 e. The number of hydrogen-bond donors (Lipinski definition) is 0. The van der Waals surface area contributed by atoms with E-state index in [4.69, 9.17) is 18.9 Å². The zero-order valence-corrected chi connectivity index (χ0v) is 17.4. The van der Waals surface area contributed by atoms with Gasteiger partial charge in [-0.1, -0.05) is 6.07 Å². The van der Waals surface area contributed by atoms with Gasteiger partial charge >= 0.3 is 11.9 Å². The maximum Gasteiger partial charge on any atom is 0.308 e. The fourth-order valence-corrected chi connectivity index (χ4v) is 3.76. The number of nitrogens with zero attached hydrogens (tertiary/aromatic N) is 3. The van der Waals surface area contributed by atoms with Gasteiger partial charge in [-0.25, -0.2) is 9.97 Å². The van der Waals surface area contributed by atoms with E-state index >= 15 is 0 Å². The van der Waals surface area contributed by atoms with Gasteiger partial charge in [0.1, 0.15) is 22.2 Å².